The molecule has 1 N–H and O–H groups in total. The molecule has 1 atom stereocenters. The maximum atomic E-state index is 12.4. The number of carbonyl (C=O) groups is 1. The zero-order valence-corrected chi connectivity index (χ0v) is 16.8. The summed E-state index contributed by atoms with van der Waals surface area (Å²) in [6.45, 7) is 0.294. The lowest BCUT2D eigenvalue weighted by atomic mass is 9.85. The van der Waals surface area contributed by atoms with E-state index in [2.05, 4.69) is 4.98 Å². The maximum absolute atomic E-state index is 12.4. The van der Waals surface area contributed by atoms with Gasteiger partial charge in [-0.2, -0.15) is 17.5 Å². The number of nitrogens with zero attached hydrogens (tertiary/aromatic N) is 2. The Hall–Kier alpha value is -1.93. The molecule has 1 aromatic rings. The predicted octanol–water partition coefficient (Wildman–Crippen LogP) is 0.542. The van der Waals surface area contributed by atoms with E-state index < -0.39 is 36.8 Å². The number of hydrogen-bond donors (Lipinski definition) is 1. The molecule has 0 amide bonds. The monoisotopic (exact) mass is 460 g/mol. The first-order valence-electron chi connectivity index (χ1n) is 8.20. The van der Waals surface area contributed by atoms with Crippen molar-refractivity contribution in [3.8, 4) is 5.88 Å². The number of aromatic nitrogens is 1. The summed E-state index contributed by atoms with van der Waals surface area (Å²) in [5.41, 5.74) is 0. The topological polar surface area (TPSA) is 131 Å². The summed E-state index contributed by atoms with van der Waals surface area (Å²) in [6.07, 6.45) is -1.89. The van der Waals surface area contributed by atoms with E-state index in [-0.39, 0.29) is 31.4 Å². The molecule has 164 valence electrons. The van der Waals surface area contributed by atoms with Gasteiger partial charge < -0.3 is 9.84 Å². The summed E-state index contributed by atoms with van der Waals surface area (Å²) >= 11 is 0. The second-order valence-electron chi connectivity index (χ2n) is 6.68. The number of rotatable bonds is 4. The van der Waals surface area contributed by atoms with Gasteiger partial charge in [0.15, 0.2) is 9.84 Å². The highest BCUT2D eigenvalue weighted by Gasteiger charge is 2.63. The van der Waals surface area contributed by atoms with Crippen molar-refractivity contribution in [2.75, 3.05) is 31.7 Å². The lowest BCUT2D eigenvalue weighted by Crippen LogP contribution is -2.68. The van der Waals surface area contributed by atoms with Crippen LogP contribution in [0.5, 0.6) is 5.88 Å². The van der Waals surface area contributed by atoms with Gasteiger partial charge in [-0.3, -0.25) is 0 Å². The van der Waals surface area contributed by atoms with Crippen LogP contribution in [0.1, 0.15) is 6.42 Å². The number of halogens is 3. The highest BCUT2D eigenvalue weighted by Crippen LogP contribution is 2.45. The van der Waals surface area contributed by atoms with Gasteiger partial charge in [0.05, 0.1) is 18.6 Å². The number of carboxylic acids is 1. The molecule has 29 heavy (non-hydrogen) atoms. The molecule has 0 bridgehead atoms. The molecule has 0 aromatic carbocycles. The second-order valence-corrected chi connectivity index (χ2v) is 11.1. The molecular formula is C15H19F3N2O7S2. The molecule has 0 radical (unpaired) electrons. The van der Waals surface area contributed by atoms with Gasteiger partial charge in [0.1, 0.15) is 4.75 Å². The predicted molar refractivity (Wildman–Crippen MR) is 94.5 cm³/mol. The maximum Gasteiger partial charge on any atom is 0.490 e. The molecule has 1 unspecified atom stereocenters. The van der Waals surface area contributed by atoms with Crippen LogP contribution in [0.3, 0.4) is 0 Å². The van der Waals surface area contributed by atoms with Crippen molar-refractivity contribution in [2.45, 2.75) is 17.3 Å². The van der Waals surface area contributed by atoms with Crippen LogP contribution in [0.25, 0.3) is 0 Å². The first-order valence-corrected chi connectivity index (χ1v) is 11.7. The molecule has 9 nitrogen and oxygen atoms in total. The SMILES string of the molecule is CS(=O)(=O)N1CC2(C1)C(COc1ccccn1)CCS2(=O)=O.O=C(O)C(F)(F)F. The van der Waals surface area contributed by atoms with E-state index >= 15 is 0 Å². The summed E-state index contributed by atoms with van der Waals surface area (Å²) in [6, 6.07) is 5.27. The zero-order chi connectivity index (χ0) is 22.1. The standard InChI is InChI=1S/C13H18N2O5S2.C2HF3O2/c1-21(16,17)15-9-13(10-15)11(5-7-22(13,18)19)8-20-12-4-2-3-6-14-12;3-2(4,5)1(6)7/h2-4,6,11H,5,7-10H2,1H3;(H,6,7). The van der Waals surface area contributed by atoms with Crippen LogP contribution >= 0.6 is 0 Å². The molecular weight excluding hydrogens is 441 g/mol. The van der Waals surface area contributed by atoms with E-state index in [1.807, 2.05) is 0 Å². The first kappa shape index (κ1) is 23.3. The Labute approximate surface area is 165 Å². The summed E-state index contributed by atoms with van der Waals surface area (Å²) in [5.74, 6) is -2.44. The number of pyridine rings is 1. The average molecular weight is 460 g/mol. The molecule has 3 rings (SSSR count). The van der Waals surface area contributed by atoms with E-state index in [0.29, 0.717) is 12.3 Å². The highest BCUT2D eigenvalue weighted by molar-refractivity contribution is 7.93. The zero-order valence-electron chi connectivity index (χ0n) is 15.2. The minimum atomic E-state index is -5.08. The smallest absolute Gasteiger partial charge is 0.477 e. The fourth-order valence-corrected chi connectivity index (χ4v) is 6.60. The van der Waals surface area contributed by atoms with Crippen LogP contribution < -0.4 is 4.74 Å². The van der Waals surface area contributed by atoms with Crippen LogP contribution in [0.4, 0.5) is 13.2 Å². The third kappa shape index (κ3) is 5.17. The third-order valence-corrected chi connectivity index (χ3v) is 8.57. The van der Waals surface area contributed by atoms with Crippen LogP contribution in [0, 0.1) is 5.92 Å². The number of sulfone groups is 1. The van der Waals surface area contributed by atoms with Crippen molar-refractivity contribution >= 4 is 25.8 Å². The number of hydrogen-bond acceptors (Lipinski definition) is 7. The molecule has 3 heterocycles. The lowest BCUT2D eigenvalue weighted by molar-refractivity contribution is -0.192. The number of carboxylic acid groups (broad SMARTS) is 1. The van der Waals surface area contributed by atoms with Crippen LogP contribution in [-0.2, 0) is 24.7 Å². The largest absolute Gasteiger partial charge is 0.490 e. The number of ether oxygens (including phenoxy) is 1. The Bertz CT molecular complexity index is 944. The minimum absolute atomic E-state index is 0.0322. The molecule has 0 aliphatic carbocycles. The fourth-order valence-electron chi connectivity index (χ4n) is 3.11. The van der Waals surface area contributed by atoms with Crippen molar-refractivity contribution in [3.05, 3.63) is 24.4 Å². The quantitative estimate of drug-likeness (QED) is 0.689. The van der Waals surface area contributed by atoms with E-state index in [9.17, 15) is 30.0 Å². The van der Waals surface area contributed by atoms with Crippen molar-refractivity contribution in [3.63, 3.8) is 0 Å². The van der Waals surface area contributed by atoms with Gasteiger partial charge in [0.25, 0.3) is 0 Å². The third-order valence-electron chi connectivity index (χ3n) is 4.77. The van der Waals surface area contributed by atoms with E-state index in [1.165, 1.54) is 4.31 Å². The molecule has 0 saturated carbocycles. The summed E-state index contributed by atoms with van der Waals surface area (Å²) in [7, 11) is -6.66. The van der Waals surface area contributed by atoms with Gasteiger partial charge in [-0.05, 0) is 12.5 Å². The molecule has 2 fully saturated rings. The Morgan fingerprint density at radius 1 is 1.38 bits per heavy atom. The van der Waals surface area contributed by atoms with E-state index in [4.69, 9.17) is 14.6 Å². The van der Waals surface area contributed by atoms with E-state index in [1.54, 1.807) is 24.4 Å². The van der Waals surface area contributed by atoms with Crippen LogP contribution in [0.2, 0.25) is 0 Å². The first-order chi connectivity index (χ1) is 13.2. The molecule has 1 spiro atoms. The summed E-state index contributed by atoms with van der Waals surface area (Å²) in [5, 5.41) is 7.12. The summed E-state index contributed by atoms with van der Waals surface area (Å²) in [4.78, 5) is 12.9. The van der Waals surface area contributed by atoms with Gasteiger partial charge in [-0.25, -0.2) is 26.6 Å². The van der Waals surface area contributed by atoms with Crippen molar-refractivity contribution in [1.82, 2.24) is 9.29 Å². The summed E-state index contributed by atoms with van der Waals surface area (Å²) < 4.78 is 85.4. The van der Waals surface area contributed by atoms with Gasteiger partial charge in [-0.15, -0.1) is 0 Å². The van der Waals surface area contributed by atoms with Crippen molar-refractivity contribution in [2.24, 2.45) is 5.92 Å². The molecule has 1 aromatic heterocycles. The van der Waals surface area contributed by atoms with Crippen LogP contribution in [-0.4, -0.2) is 79.8 Å². The van der Waals surface area contributed by atoms with E-state index in [0.717, 1.165) is 6.26 Å². The Morgan fingerprint density at radius 3 is 2.41 bits per heavy atom. The average Bonchev–Trinajstić information content (AvgIpc) is 2.82. The fraction of sp³-hybridized carbons (Fsp3) is 0.600. The Kier molecular flexibility index (Phi) is 6.49. The van der Waals surface area contributed by atoms with Gasteiger partial charge >= 0.3 is 12.1 Å². The molecule has 2 aliphatic rings. The number of alkyl halides is 3. The normalized spacial score (nSPS) is 23.0. The Balaban J connectivity index is 0.000000370. The Morgan fingerprint density at radius 2 is 1.97 bits per heavy atom. The van der Waals surface area contributed by atoms with Gasteiger partial charge in [0.2, 0.25) is 15.9 Å². The van der Waals surface area contributed by atoms with Crippen LogP contribution in [0.15, 0.2) is 24.4 Å². The lowest BCUT2D eigenvalue weighted by Gasteiger charge is -2.48. The molecule has 2 saturated heterocycles. The number of aliphatic carboxylic acids is 1. The second kappa shape index (κ2) is 8.07. The van der Waals surface area contributed by atoms with Crippen molar-refractivity contribution < 1.29 is 44.6 Å². The van der Waals surface area contributed by atoms with Crippen molar-refractivity contribution in [1.29, 1.82) is 0 Å². The molecule has 2 aliphatic heterocycles. The molecule has 14 heteroatoms. The number of sulfonamides is 1. The van der Waals surface area contributed by atoms with Gasteiger partial charge in [0, 0.05) is 31.3 Å². The highest BCUT2D eigenvalue weighted by atomic mass is 32.2. The van der Waals surface area contributed by atoms with Gasteiger partial charge in [-0.1, -0.05) is 6.07 Å². The minimum Gasteiger partial charge on any atom is -0.477 e.